The molecule has 0 saturated carbocycles. The van der Waals surface area contributed by atoms with Gasteiger partial charge in [0.25, 0.3) is 0 Å². The molecule has 2 rings (SSSR count). The maximum absolute atomic E-state index is 12.7. The number of carbonyl (C=O) groups is 1. The number of nitrogens with zero attached hydrogens (tertiary/aromatic N) is 2. The maximum atomic E-state index is 12.7. The van der Waals surface area contributed by atoms with E-state index in [1.54, 1.807) is 12.1 Å². The number of benzene rings is 1. The Morgan fingerprint density at radius 2 is 2.00 bits per heavy atom. The molecule has 1 aromatic heterocycles. The number of aliphatic imine (C=N–C) groups is 1. The number of nitrogens with one attached hydrogen (secondary N) is 3. The lowest BCUT2D eigenvalue weighted by Crippen LogP contribution is -2.38. The zero-order chi connectivity index (χ0) is 22.6. The number of guanidine groups is 1. The minimum atomic E-state index is -2.94. The van der Waals surface area contributed by atoms with Gasteiger partial charge in [-0.3, -0.25) is 4.79 Å². The van der Waals surface area contributed by atoms with Crippen molar-refractivity contribution in [3.05, 3.63) is 47.7 Å². The predicted molar refractivity (Wildman–Crippen MR) is 130 cm³/mol. The molecule has 1 amide bonds. The molecule has 8 nitrogen and oxygen atoms in total. The number of hydrogen-bond acceptors (Lipinski definition) is 5. The number of aromatic nitrogens is 1. The molecule has 1 heterocycles. The first kappa shape index (κ1) is 27.3. The van der Waals surface area contributed by atoms with Gasteiger partial charge in [0.15, 0.2) is 5.96 Å². The van der Waals surface area contributed by atoms with Gasteiger partial charge in [-0.05, 0) is 44.2 Å². The number of alkyl halides is 2. The molecule has 0 fully saturated rings. The zero-order valence-electron chi connectivity index (χ0n) is 18.2. The van der Waals surface area contributed by atoms with E-state index in [1.807, 2.05) is 26.0 Å². The number of carbonyl (C=O) groups excluding carboxylic acids is 1. The summed E-state index contributed by atoms with van der Waals surface area (Å²) in [5.41, 5.74) is 1.25. The fourth-order valence-electron chi connectivity index (χ4n) is 2.64. The largest absolute Gasteiger partial charge is 0.497 e. The monoisotopic (exact) mass is 563 g/mol. The number of hydrogen-bond donors (Lipinski definition) is 3. The highest BCUT2D eigenvalue weighted by molar-refractivity contribution is 14.0. The first-order chi connectivity index (χ1) is 14.9. The molecule has 0 atom stereocenters. The van der Waals surface area contributed by atoms with Crippen molar-refractivity contribution in [2.75, 3.05) is 25.5 Å². The number of pyridine rings is 1. The second kappa shape index (κ2) is 14.4. The van der Waals surface area contributed by atoms with E-state index in [0.29, 0.717) is 36.2 Å². The normalized spacial score (nSPS) is 10.9. The molecule has 0 aliphatic heterocycles. The Kier molecular flexibility index (Phi) is 12.3. The number of halogens is 3. The summed E-state index contributed by atoms with van der Waals surface area (Å²) in [4.78, 5) is 20.7. The predicted octanol–water partition coefficient (Wildman–Crippen LogP) is 3.70. The van der Waals surface area contributed by atoms with Crippen LogP contribution >= 0.6 is 24.0 Å². The third-order valence-electron chi connectivity index (χ3n) is 4.04. The van der Waals surface area contributed by atoms with Crippen LogP contribution in [0.1, 0.15) is 24.6 Å². The van der Waals surface area contributed by atoms with Crippen molar-refractivity contribution < 1.29 is 23.0 Å². The minimum Gasteiger partial charge on any atom is -0.497 e. The van der Waals surface area contributed by atoms with Crippen LogP contribution in [0.15, 0.2) is 41.4 Å². The summed E-state index contributed by atoms with van der Waals surface area (Å²) in [6.45, 7) is 1.78. The summed E-state index contributed by atoms with van der Waals surface area (Å²) in [6, 6.07) is 9.92. The van der Waals surface area contributed by atoms with Crippen molar-refractivity contribution >= 4 is 41.7 Å². The first-order valence-corrected chi connectivity index (χ1v) is 9.78. The van der Waals surface area contributed by atoms with Gasteiger partial charge in [0, 0.05) is 30.8 Å². The van der Waals surface area contributed by atoms with E-state index in [2.05, 4.69) is 30.7 Å². The molecule has 1 aromatic carbocycles. The van der Waals surface area contributed by atoms with E-state index in [9.17, 15) is 13.6 Å². The molecular weight excluding hydrogens is 535 g/mol. The lowest BCUT2D eigenvalue weighted by molar-refractivity contribution is -0.116. The van der Waals surface area contributed by atoms with Crippen molar-refractivity contribution in [2.24, 2.45) is 4.99 Å². The number of anilines is 1. The summed E-state index contributed by atoms with van der Waals surface area (Å²) in [5, 5.41) is 8.83. The average Bonchev–Trinajstić information content (AvgIpc) is 2.72. The zero-order valence-corrected chi connectivity index (χ0v) is 20.5. The third-order valence-corrected chi connectivity index (χ3v) is 4.04. The second-order valence-corrected chi connectivity index (χ2v) is 6.44. The van der Waals surface area contributed by atoms with Crippen LogP contribution in [0.4, 0.5) is 14.6 Å². The number of methoxy groups -OCH3 is 1. The Labute approximate surface area is 203 Å². The molecular formula is C21H28F2IN5O3. The van der Waals surface area contributed by atoms with Crippen LogP contribution in [0.2, 0.25) is 0 Å². The highest BCUT2D eigenvalue weighted by Crippen LogP contribution is 2.26. The Morgan fingerprint density at radius 3 is 2.66 bits per heavy atom. The molecule has 0 aliphatic rings. The number of ether oxygens (including phenoxy) is 2. The Hall–Kier alpha value is -2.70. The van der Waals surface area contributed by atoms with Gasteiger partial charge in [-0.15, -0.1) is 24.0 Å². The Bertz CT molecular complexity index is 899. The lowest BCUT2D eigenvalue weighted by atomic mass is 10.2. The summed E-state index contributed by atoms with van der Waals surface area (Å²) in [7, 11) is 1.49. The van der Waals surface area contributed by atoms with Crippen molar-refractivity contribution in [1.29, 1.82) is 0 Å². The molecule has 11 heteroatoms. The molecule has 0 bridgehead atoms. The van der Waals surface area contributed by atoms with E-state index in [-0.39, 0.29) is 48.6 Å². The summed E-state index contributed by atoms with van der Waals surface area (Å²) >= 11 is 0. The van der Waals surface area contributed by atoms with E-state index in [1.165, 1.54) is 19.2 Å². The maximum Gasteiger partial charge on any atom is 0.387 e. The molecule has 0 aliphatic carbocycles. The Balaban J connectivity index is 0.00000512. The van der Waals surface area contributed by atoms with Gasteiger partial charge in [-0.2, -0.15) is 8.78 Å². The molecule has 2 aromatic rings. The van der Waals surface area contributed by atoms with E-state index >= 15 is 0 Å². The van der Waals surface area contributed by atoms with Gasteiger partial charge in [-0.25, -0.2) is 9.98 Å². The number of amides is 1. The van der Waals surface area contributed by atoms with Crippen molar-refractivity contribution in [3.63, 3.8) is 0 Å². The van der Waals surface area contributed by atoms with Gasteiger partial charge in [0.05, 0.1) is 13.7 Å². The molecule has 32 heavy (non-hydrogen) atoms. The Morgan fingerprint density at radius 1 is 1.22 bits per heavy atom. The van der Waals surface area contributed by atoms with Crippen LogP contribution in [-0.2, 0) is 11.3 Å². The van der Waals surface area contributed by atoms with Crippen molar-refractivity contribution in [3.8, 4) is 11.5 Å². The van der Waals surface area contributed by atoms with Gasteiger partial charge in [0.1, 0.15) is 17.3 Å². The quantitative estimate of drug-likeness (QED) is 0.232. The van der Waals surface area contributed by atoms with E-state index < -0.39 is 6.61 Å². The SMILES string of the molecule is CCNC(=NCc1cc(OC)ccc1OC(F)F)NCCC(=O)Nc1cccc(C)n1.I. The molecule has 0 radical (unpaired) electrons. The first-order valence-electron chi connectivity index (χ1n) is 9.78. The van der Waals surface area contributed by atoms with Gasteiger partial charge < -0.3 is 25.4 Å². The topological polar surface area (TPSA) is 96.9 Å². The van der Waals surface area contributed by atoms with Crippen LogP contribution in [0, 0.1) is 6.92 Å². The smallest absolute Gasteiger partial charge is 0.387 e. The third kappa shape index (κ3) is 9.62. The van der Waals surface area contributed by atoms with Gasteiger partial charge >= 0.3 is 6.61 Å². The van der Waals surface area contributed by atoms with Gasteiger partial charge in [-0.1, -0.05) is 6.07 Å². The lowest BCUT2D eigenvalue weighted by Gasteiger charge is -2.13. The highest BCUT2D eigenvalue weighted by atomic mass is 127. The molecule has 0 saturated heterocycles. The fourth-order valence-corrected chi connectivity index (χ4v) is 2.64. The standard InChI is InChI=1S/C21H27F2N5O3.HI/c1-4-24-21(25-11-10-19(29)28-18-7-5-6-14(2)27-18)26-13-15-12-16(30-3)8-9-17(15)31-20(22)23;/h5-9,12,20H,4,10-11,13H2,1-3H3,(H2,24,25,26)(H,27,28,29);1H. The number of rotatable bonds is 10. The van der Waals surface area contributed by atoms with Crippen LogP contribution in [0.25, 0.3) is 0 Å². The van der Waals surface area contributed by atoms with Crippen LogP contribution in [-0.4, -0.2) is 43.7 Å². The summed E-state index contributed by atoms with van der Waals surface area (Å²) < 4.78 is 35.0. The molecule has 176 valence electrons. The second-order valence-electron chi connectivity index (χ2n) is 6.44. The molecule has 3 N–H and O–H groups in total. The van der Waals surface area contributed by atoms with Crippen LogP contribution in [0.3, 0.4) is 0 Å². The minimum absolute atomic E-state index is 0. The van der Waals surface area contributed by atoms with Crippen LogP contribution in [0.5, 0.6) is 11.5 Å². The molecule has 0 unspecified atom stereocenters. The fraction of sp³-hybridized carbons (Fsp3) is 0.381. The number of aryl methyl sites for hydroxylation is 1. The average molecular weight is 563 g/mol. The van der Waals surface area contributed by atoms with Crippen molar-refractivity contribution in [1.82, 2.24) is 15.6 Å². The van der Waals surface area contributed by atoms with Crippen molar-refractivity contribution in [2.45, 2.75) is 33.4 Å². The van der Waals surface area contributed by atoms with Crippen LogP contribution < -0.4 is 25.4 Å². The molecule has 0 spiro atoms. The summed E-state index contributed by atoms with van der Waals surface area (Å²) in [6.07, 6.45) is 0.193. The van der Waals surface area contributed by atoms with Gasteiger partial charge in [0.2, 0.25) is 5.91 Å². The van der Waals surface area contributed by atoms with E-state index in [4.69, 9.17) is 4.74 Å². The summed E-state index contributed by atoms with van der Waals surface area (Å²) in [5.74, 6) is 1.28. The van der Waals surface area contributed by atoms with E-state index in [0.717, 1.165) is 5.69 Å². The highest BCUT2D eigenvalue weighted by Gasteiger charge is 2.11.